The Bertz CT molecular complexity index is 806. The fourth-order valence-corrected chi connectivity index (χ4v) is 4.70. The van der Waals surface area contributed by atoms with Gasteiger partial charge in [0, 0.05) is 25.6 Å². The third-order valence-electron chi connectivity index (χ3n) is 6.23. The van der Waals surface area contributed by atoms with Gasteiger partial charge in [-0.15, -0.1) is 24.8 Å². The lowest BCUT2D eigenvalue weighted by molar-refractivity contribution is -0.135. The second-order valence-electron chi connectivity index (χ2n) is 8.01. The van der Waals surface area contributed by atoms with E-state index in [0.717, 1.165) is 38.0 Å². The van der Waals surface area contributed by atoms with E-state index in [4.69, 9.17) is 5.73 Å². The van der Waals surface area contributed by atoms with Gasteiger partial charge in [-0.1, -0.05) is 42.5 Å². The van der Waals surface area contributed by atoms with E-state index in [1.807, 2.05) is 11.0 Å². The van der Waals surface area contributed by atoms with Gasteiger partial charge in [-0.05, 0) is 55.1 Å². The molecule has 2 aromatic carbocycles. The summed E-state index contributed by atoms with van der Waals surface area (Å²) in [4.78, 5) is 17.6. The Morgan fingerprint density at radius 1 is 1.03 bits per heavy atom. The summed E-state index contributed by atoms with van der Waals surface area (Å²) in [5, 5.41) is 0. The van der Waals surface area contributed by atoms with Crippen molar-refractivity contribution < 1.29 is 9.18 Å². The minimum atomic E-state index is -0.227. The molecule has 0 bridgehead atoms. The van der Waals surface area contributed by atoms with E-state index in [9.17, 15) is 9.18 Å². The molecule has 4 rings (SSSR count). The summed E-state index contributed by atoms with van der Waals surface area (Å²) in [5.41, 5.74) is 8.35. The molecule has 2 saturated heterocycles. The van der Waals surface area contributed by atoms with Crippen LogP contribution in [-0.4, -0.2) is 47.9 Å². The first-order chi connectivity index (χ1) is 13.7. The van der Waals surface area contributed by atoms with E-state index in [0.29, 0.717) is 24.9 Å². The Kier molecular flexibility index (Phi) is 9.10. The molecule has 0 aliphatic carbocycles. The third-order valence-corrected chi connectivity index (χ3v) is 6.23. The Morgan fingerprint density at radius 3 is 2.40 bits per heavy atom. The maximum Gasteiger partial charge on any atom is 0.239 e. The van der Waals surface area contributed by atoms with Crippen LogP contribution in [0.2, 0.25) is 0 Å². The Balaban J connectivity index is 0.00000160. The lowest BCUT2D eigenvalue weighted by Gasteiger charge is -2.28. The van der Waals surface area contributed by atoms with Gasteiger partial charge in [-0.3, -0.25) is 9.69 Å². The highest BCUT2D eigenvalue weighted by Crippen LogP contribution is 2.33. The molecule has 164 valence electrons. The zero-order chi connectivity index (χ0) is 19.5. The highest BCUT2D eigenvalue weighted by molar-refractivity contribution is 5.85. The molecule has 0 aromatic heterocycles. The Hall–Kier alpha value is -1.66. The van der Waals surface area contributed by atoms with E-state index >= 15 is 0 Å². The summed E-state index contributed by atoms with van der Waals surface area (Å²) >= 11 is 0. The van der Waals surface area contributed by atoms with E-state index in [1.54, 1.807) is 12.1 Å². The number of rotatable bonds is 5. The quantitative estimate of drug-likeness (QED) is 0.747. The summed E-state index contributed by atoms with van der Waals surface area (Å²) in [6, 6.07) is 16.9. The molecule has 0 radical (unpaired) electrons. The zero-order valence-corrected chi connectivity index (χ0v) is 18.6. The van der Waals surface area contributed by atoms with Crippen LogP contribution in [0, 0.1) is 11.7 Å². The smallest absolute Gasteiger partial charge is 0.239 e. The molecule has 2 aliphatic heterocycles. The van der Waals surface area contributed by atoms with Crippen LogP contribution in [0.25, 0.3) is 0 Å². The van der Waals surface area contributed by atoms with Crippen molar-refractivity contribution in [3.8, 4) is 0 Å². The lowest BCUT2D eigenvalue weighted by atomic mass is 9.89. The minimum absolute atomic E-state index is 0. The molecular formula is C23H30Cl2FN3O. The second kappa shape index (κ2) is 11.1. The molecule has 1 amide bonds. The maximum absolute atomic E-state index is 13.3. The molecule has 0 spiro atoms. The zero-order valence-electron chi connectivity index (χ0n) is 17.0. The van der Waals surface area contributed by atoms with Crippen molar-refractivity contribution in [1.29, 1.82) is 0 Å². The van der Waals surface area contributed by atoms with Crippen molar-refractivity contribution in [2.75, 3.05) is 26.2 Å². The largest absolute Gasteiger partial charge is 0.340 e. The van der Waals surface area contributed by atoms with Crippen LogP contribution >= 0.6 is 24.8 Å². The van der Waals surface area contributed by atoms with Crippen LogP contribution in [0.4, 0.5) is 4.39 Å². The number of carbonyl (C=O) groups is 1. The predicted molar refractivity (Wildman–Crippen MR) is 123 cm³/mol. The van der Waals surface area contributed by atoms with Gasteiger partial charge in [0.2, 0.25) is 5.91 Å². The monoisotopic (exact) mass is 453 g/mol. The van der Waals surface area contributed by atoms with Gasteiger partial charge < -0.3 is 10.6 Å². The van der Waals surface area contributed by atoms with Gasteiger partial charge in [0.1, 0.15) is 5.82 Å². The Morgan fingerprint density at radius 2 is 1.73 bits per heavy atom. The van der Waals surface area contributed by atoms with Crippen LogP contribution in [0.15, 0.2) is 54.6 Å². The van der Waals surface area contributed by atoms with Crippen molar-refractivity contribution in [1.82, 2.24) is 9.80 Å². The SMILES string of the molecule is Cl.Cl.NC[C@@H]1CN(C(=O)C2CCCN2Cc2ccc(F)cc2)C[C@H]1c1ccccc1. The van der Waals surface area contributed by atoms with E-state index in [-0.39, 0.29) is 42.6 Å². The predicted octanol–water partition coefficient (Wildman–Crippen LogP) is 3.83. The average molecular weight is 454 g/mol. The summed E-state index contributed by atoms with van der Waals surface area (Å²) in [6.45, 7) is 3.66. The summed E-state index contributed by atoms with van der Waals surface area (Å²) in [7, 11) is 0. The van der Waals surface area contributed by atoms with E-state index in [1.165, 1.54) is 17.7 Å². The molecule has 2 heterocycles. The molecular weight excluding hydrogens is 424 g/mol. The number of halogens is 3. The highest BCUT2D eigenvalue weighted by Gasteiger charge is 2.40. The van der Waals surface area contributed by atoms with Gasteiger partial charge in [-0.2, -0.15) is 0 Å². The molecule has 2 aliphatic rings. The van der Waals surface area contributed by atoms with Crippen molar-refractivity contribution in [3.63, 3.8) is 0 Å². The van der Waals surface area contributed by atoms with E-state index < -0.39 is 0 Å². The molecule has 0 saturated carbocycles. The van der Waals surface area contributed by atoms with Crippen LogP contribution in [0.3, 0.4) is 0 Å². The van der Waals surface area contributed by atoms with Crippen molar-refractivity contribution >= 4 is 30.7 Å². The van der Waals surface area contributed by atoms with Crippen LogP contribution in [0.1, 0.15) is 29.9 Å². The maximum atomic E-state index is 13.3. The number of benzene rings is 2. The average Bonchev–Trinajstić information content (AvgIpc) is 3.37. The number of hydrogen-bond acceptors (Lipinski definition) is 3. The normalized spacial score (nSPS) is 23.7. The van der Waals surface area contributed by atoms with Crippen molar-refractivity contribution in [2.45, 2.75) is 31.3 Å². The van der Waals surface area contributed by atoms with Crippen molar-refractivity contribution in [3.05, 3.63) is 71.5 Å². The van der Waals surface area contributed by atoms with Gasteiger partial charge in [0.05, 0.1) is 6.04 Å². The van der Waals surface area contributed by atoms with Crippen molar-refractivity contribution in [2.24, 2.45) is 11.7 Å². The number of likely N-dealkylation sites (tertiary alicyclic amines) is 2. The van der Waals surface area contributed by atoms with Crippen LogP contribution in [-0.2, 0) is 11.3 Å². The first kappa shape index (κ1) is 24.6. The topological polar surface area (TPSA) is 49.6 Å². The number of nitrogens with two attached hydrogens (primary N) is 1. The molecule has 30 heavy (non-hydrogen) atoms. The van der Waals surface area contributed by atoms with Crippen LogP contribution < -0.4 is 5.73 Å². The number of hydrogen-bond donors (Lipinski definition) is 1. The number of carbonyl (C=O) groups excluding carboxylic acids is 1. The van der Waals surface area contributed by atoms with Gasteiger partial charge in [0.15, 0.2) is 0 Å². The fraction of sp³-hybridized carbons (Fsp3) is 0.435. The molecule has 7 heteroatoms. The number of amides is 1. The Labute approximate surface area is 190 Å². The molecule has 4 nitrogen and oxygen atoms in total. The van der Waals surface area contributed by atoms with Crippen LogP contribution in [0.5, 0.6) is 0 Å². The molecule has 1 unspecified atom stereocenters. The van der Waals surface area contributed by atoms with Gasteiger partial charge in [0.25, 0.3) is 0 Å². The fourth-order valence-electron chi connectivity index (χ4n) is 4.70. The molecule has 3 atom stereocenters. The summed E-state index contributed by atoms with van der Waals surface area (Å²) in [5.74, 6) is 0.603. The standard InChI is InChI=1S/C23H28FN3O.2ClH/c24-20-10-8-17(9-11-20)14-26-12-4-7-22(26)23(28)27-15-19(13-25)21(16-27)18-5-2-1-3-6-18;;/h1-3,5-6,8-11,19,21-22H,4,7,12-16,25H2;2*1H/t19-,21+,22?;;/m1../s1. The number of nitrogens with zero attached hydrogens (tertiary/aromatic N) is 2. The lowest BCUT2D eigenvalue weighted by Crippen LogP contribution is -2.44. The first-order valence-electron chi connectivity index (χ1n) is 10.2. The molecule has 2 fully saturated rings. The highest BCUT2D eigenvalue weighted by atomic mass is 35.5. The van der Waals surface area contributed by atoms with E-state index in [2.05, 4.69) is 29.2 Å². The second-order valence-corrected chi connectivity index (χ2v) is 8.01. The third kappa shape index (κ3) is 5.33. The van der Waals surface area contributed by atoms with Gasteiger partial charge in [-0.25, -0.2) is 4.39 Å². The summed E-state index contributed by atoms with van der Waals surface area (Å²) in [6.07, 6.45) is 1.91. The minimum Gasteiger partial charge on any atom is -0.340 e. The van der Waals surface area contributed by atoms with Gasteiger partial charge >= 0.3 is 0 Å². The summed E-state index contributed by atoms with van der Waals surface area (Å²) < 4.78 is 13.2. The molecule has 2 N–H and O–H groups in total. The first-order valence-corrected chi connectivity index (χ1v) is 10.2. The molecule has 2 aromatic rings.